The first kappa shape index (κ1) is 31.0. The Kier molecular flexibility index (Phi) is 7.83. The number of unbranched alkanes of at least 4 members (excludes halogenated alkanes) is 2. The number of likely N-dealkylation sites (tertiary alicyclic amines) is 1. The molecule has 236 valence electrons. The number of phenolic OH excluding ortho intramolecular Hbond substituents is 1. The van der Waals surface area contributed by atoms with Gasteiger partial charge >= 0.3 is 5.97 Å². The van der Waals surface area contributed by atoms with Crippen LogP contribution < -0.4 is 4.90 Å². The van der Waals surface area contributed by atoms with Crippen LogP contribution in [-0.4, -0.2) is 51.3 Å². The monoisotopic (exact) mass is 636 g/mol. The van der Waals surface area contributed by atoms with Crippen molar-refractivity contribution in [2.45, 2.75) is 58.3 Å². The molecule has 3 fully saturated rings. The molecule has 2 aliphatic carbocycles. The Morgan fingerprint density at radius 2 is 1.80 bits per heavy atom. The van der Waals surface area contributed by atoms with E-state index in [1.165, 1.54) is 17.0 Å². The second-order valence-corrected chi connectivity index (χ2v) is 13.2. The molecule has 6 unspecified atom stereocenters. The third-order valence-electron chi connectivity index (χ3n) is 10.4. The van der Waals surface area contributed by atoms with Crippen LogP contribution in [0, 0.1) is 41.8 Å². The number of carboxylic acids is 1. The van der Waals surface area contributed by atoms with Gasteiger partial charge in [0.15, 0.2) is 0 Å². The number of anilines is 1. The van der Waals surface area contributed by atoms with Crippen molar-refractivity contribution in [2.75, 3.05) is 11.4 Å². The van der Waals surface area contributed by atoms with Crippen molar-refractivity contribution in [3.63, 3.8) is 0 Å². The number of benzene rings is 2. The summed E-state index contributed by atoms with van der Waals surface area (Å²) in [6.45, 7) is 3.64. The average molecular weight is 637 g/mol. The number of imide groups is 2. The Hall–Kier alpha value is -4.05. The number of aromatic hydroxyl groups is 1. The normalized spacial score (nSPS) is 29.1. The molecule has 1 saturated carbocycles. The lowest BCUT2D eigenvalue weighted by Crippen LogP contribution is -2.49. The molecule has 2 aromatic rings. The second-order valence-electron chi connectivity index (χ2n) is 12.8. The van der Waals surface area contributed by atoms with Crippen molar-refractivity contribution in [3.05, 3.63) is 70.0 Å². The number of para-hydroxylation sites is 1. The fourth-order valence-corrected chi connectivity index (χ4v) is 8.33. The molecular formula is C34H34ClFN2O7. The predicted molar refractivity (Wildman–Crippen MR) is 162 cm³/mol. The molecule has 2 aromatic carbocycles. The van der Waals surface area contributed by atoms with Crippen LogP contribution in [0.3, 0.4) is 0 Å². The third kappa shape index (κ3) is 4.76. The van der Waals surface area contributed by atoms with Gasteiger partial charge in [-0.05, 0) is 69.2 Å². The van der Waals surface area contributed by atoms with Crippen molar-refractivity contribution in [1.29, 1.82) is 0 Å². The van der Waals surface area contributed by atoms with E-state index in [4.69, 9.17) is 16.7 Å². The minimum absolute atomic E-state index is 0.00788. The second kappa shape index (κ2) is 11.4. The third-order valence-corrected chi connectivity index (χ3v) is 10.7. The molecule has 9 nitrogen and oxygen atoms in total. The van der Waals surface area contributed by atoms with Gasteiger partial charge in [0.1, 0.15) is 11.6 Å². The molecule has 4 amide bonds. The molecule has 2 heterocycles. The summed E-state index contributed by atoms with van der Waals surface area (Å²) < 4.78 is 14.0. The van der Waals surface area contributed by atoms with Gasteiger partial charge in [0.25, 0.3) is 0 Å². The fourth-order valence-electron chi connectivity index (χ4n) is 8.15. The van der Waals surface area contributed by atoms with Gasteiger partial charge in [0.2, 0.25) is 23.6 Å². The summed E-state index contributed by atoms with van der Waals surface area (Å²) in [5, 5.41) is 20.0. The summed E-state index contributed by atoms with van der Waals surface area (Å²) in [4.78, 5) is 69.2. The molecule has 6 rings (SSSR count). The SMILES string of the molecule is Cc1cccc(C2C3=CCC4C(=O)N(CCCCCC(=O)O)C(=O)C4C3CC3C(=O)N(c4ccc(F)c(Cl)c4)C(=O)C32C)c1O. The van der Waals surface area contributed by atoms with Gasteiger partial charge in [-0.15, -0.1) is 0 Å². The first-order valence-corrected chi connectivity index (χ1v) is 15.6. The van der Waals surface area contributed by atoms with Gasteiger partial charge in [-0.2, -0.15) is 0 Å². The minimum Gasteiger partial charge on any atom is -0.507 e. The van der Waals surface area contributed by atoms with Crippen molar-refractivity contribution in [2.24, 2.45) is 29.1 Å². The van der Waals surface area contributed by atoms with Crippen molar-refractivity contribution in [3.8, 4) is 5.75 Å². The van der Waals surface area contributed by atoms with E-state index >= 15 is 0 Å². The number of carbonyl (C=O) groups is 5. The van der Waals surface area contributed by atoms with Crippen LogP contribution in [0.25, 0.3) is 0 Å². The number of hydrogen-bond donors (Lipinski definition) is 2. The predicted octanol–water partition coefficient (Wildman–Crippen LogP) is 5.37. The summed E-state index contributed by atoms with van der Waals surface area (Å²) >= 11 is 6.04. The van der Waals surface area contributed by atoms with Crippen LogP contribution in [0.4, 0.5) is 10.1 Å². The van der Waals surface area contributed by atoms with Gasteiger partial charge in [0, 0.05) is 24.4 Å². The molecule has 11 heteroatoms. The van der Waals surface area contributed by atoms with Crippen molar-refractivity contribution in [1.82, 2.24) is 4.90 Å². The minimum atomic E-state index is -1.35. The van der Waals surface area contributed by atoms with Gasteiger partial charge in [-0.1, -0.05) is 47.9 Å². The Morgan fingerprint density at radius 1 is 1.04 bits per heavy atom. The topological polar surface area (TPSA) is 132 Å². The average Bonchev–Trinajstić information content (AvgIpc) is 3.35. The number of nitrogens with zero attached hydrogens (tertiary/aromatic N) is 2. The molecule has 45 heavy (non-hydrogen) atoms. The summed E-state index contributed by atoms with van der Waals surface area (Å²) in [5.74, 6) is -6.75. The largest absolute Gasteiger partial charge is 0.507 e. The van der Waals surface area contributed by atoms with E-state index in [1.807, 2.05) is 6.08 Å². The highest BCUT2D eigenvalue weighted by Crippen LogP contribution is 2.64. The molecule has 4 aliphatic rings. The highest BCUT2D eigenvalue weighted by molar-refractivity contribution is 6.31. The Bertz CT molecular complexity index is 1670. The number of aliphatic carboxylic acids is 1. The first-order valence-electron chi connectivity index (χ1n) is 15.3. The number of hydrogen-bond acceptors (Lipinski definition) is 6. The van der Waals surface area contributed by atoms with Crippen LogP contribution >= 0.6 is 11.6 Å². The van der Waals surface area contributed by atoms with Gasteiger partial charge < -0.3 is 10.2 Å². The van der Waals surface area contributed by atoms with E-state index in [1.54, 1.807) is 32.0 Å². The maximum atomic E-state index is 14.4. The van der Waals surface area contributed by atoms with Crippen LogP contribution in [-0.2, 0) is 24.0 Å². The smallest absolute Gasteiger partial charge is 0.303 e. The lowest BCUT2D eigenvalue weighted by molar-refractivity contribution is -0.141. The summed E-state index contributed by atoms with van der Waals surface area (Å²) in [6.07, 6.45) is 3.84. The molecule has 6 atom stereocenters. The molecular weight excluding hydrogens is 603 g/mol. The highest BCUT2D eigenvalue weighted by atomic mass is 35.5. The van der Waals surface area contributed by atoms with E-state index in [0.717, 1.165) is 16.5 Å². The van der Waals surface area contributed by atoms with Gasteiger partial charge in [-0.3, -0.25) is 28.9 Å². The number of aryl methyl sites for hydroxylation is 1. The zero-order chi connectivity index (χ0) is 32.4. The number of amides is 4. The maximum absolute atomic E-state index is 14.4. The summed E-state index contributed by atoms with van der Waals surface area (Å²) in [6, 6.07) is 8.90. The van der Waals surface area contributed by atoms with E-state index < -0.39 is 58.6 Å². The molecule has 0 spiro atoms. The zero-order valence-electron chi connectivity index (χ0n) is 25.0. The summed E-state index contributed by atoms with van der Waals surface area (Å²) in [5.41, 5.74) is 0.581. The first-order chi connectivity index (χ1) is 21.4. The highest BCUT2D eigenvalue weighted by Gasteiger charge is 2.67. The Labute approximate surface area is 264 Å². The number of allylic oxidation sites excluding steroid dienone is 2. The van der Waals surface area contributed by atoms with Gasteiger partial charge in [-0.25, -0.2) is 9.29 Å². The molecule has 2 N–H and O–H groups in total. The lowest BCUT2D eigenvalue weighted by Gasteiger charge is -2.49. The van der Waals surface area contributed by atoms with E-state index in [9.17, 15) is 33.5 Å². The molecule has 2 aliphatic heterocycles. The number of rotatable bonds is 8. The van der Waals surface area contributed by atoms with E-state index in [0.29, 0.717) is 30.4 Å². The Morgan fingerprint density at radius 3 is 2.51 bits per heavy atom. The number of carboxylic acid groups (broad SMARTS) is 1. The zero-order valence-corrected chi connectivity index (χ0v) is 25.7. The number of phenols is 1. The maximum Gasteiger partial charge on any atom is 0.303 e. The van der Waals surface area contributed by atoms with E-state index in [-0.39, 0.29) is 54.1 Å². The van der Waals surface area contributed by atoms with Crippen LogP contribution in [0.5, 0.6) is 5.75 Å². The van der Waals surface area contributed by atoms with E-state index in [2.05, 4.69) is 0 Å². The van der Waals surface area contributed by atoms with Gasteiger partial charge in [0.05, 0.1) is 33.9 Å². The van der Waals surface area contributed by atoms with Crippen LogP contribution in [0.15, 0.2) is 48.0 Å². The van der Waals surface area contributed by atoms with Crippen LogP contribution in [0.1, 0.15) is 62.5 Å². The van der Waals surface area contributed by atoms with Crippen LogP contribution in [0.2, 0.25) is 5.02 Å². The molecule has 0 bridgehead atoms. The lowest BCUT2D eigenvalue weighted by atomic mass is 9.51. The standard InChI is InChI=1S/C34H34ClFN2O7/c1-17-7-6-8-21(29(17)41)28-19-11-12-20-27(32(44)37(30(20)42)14-5-3-4-9-26(39)40)22(19)16-23-31(43)38(33(45)34(23,28)2)18-10-13-25(36)24(35)15-18/h6-8,10-11,13,15,20,22-23,27-28,41H,3-5,9,12,14,16H2,1-2H3,(H,39,40). The molecule has 0 radical (unpaired) electrons. The molecule has 0 aromatic heterocycles. The number of carbonyl (C=O) groups excluding carboxylic acids is 4. The quantitative estimate of drug-likeness (QED) is 0.226. The molecule has 2 saturated heterocycles. The van der Waals surface area contributed by atoms with Crippen molar-refractivity contribution >= 4 is 46.9 Å². The fraction of sp³-hybridized carbons (Fsp3) is 0.441. The summed E-state index contributed by atoms with van der Waals surface area (Å²) in [7, 11) is 0. The number of halogens is 2. The Balaban J connectivity index is 1.40. The van der Waals surface area contributed by atoms with Crippen molar-refractivity contribution < 1.29 is 38.6 Å². The number of fused-ring (bicyclic) bond motifs is 4.